The number of hydrogen-bond acceptors (Lipinski definition) is 4. The molecule has 5 rings (SSSR count). The molecule has 0 spiro atoms. The Hall–Kier alpha value is -3.69. The van der Waals surface area contributed by atoms with Gasteiger partial charge in [0.15, 0.2) is 23.1 Å². The maximum absolute atomic E-state index is 13.8. The number of carbonyl (C=O) groups excluding carboxylic acids is 1. The molecule has 0 aliphatic carbocycles. The van der Waals surface area contributed by atoms with E-state index in [1.54, 1.807) is 30.3 Å². The fourth-order valence-electron chi connectivity index (χ4n) is 4.23. The van der Waals surface area contributed by atoms with Crippen molar-refractivity contribution in [2.75, 3.05) is 6.54 Å². The molecule has 1 aliphatic rings. The van der Waals surface area contributed by atoms with Gasteiger partial charge in [0.25, 0.3) is 5.91 Å². The maximum Gasteiger partial charge on any atom is 0.273 e. The summed E-state index contributed by atoms with van der Waals surface area (Å²) in [5.74, 6) is -4.26. The lowest BCUT2D eigenvalue weighted by Crippen LogP contribution is -2.39. The average Bonchev–Trinajstić information content (AvgIpc) is 3.32. The highest BCUT2D eigenvalue weighted by atomic mass is 19.2. The van der Waals surface area contributed by atoms with Crippen LogP contribution in [0.15, 0.2) is 30.5 Å². The van der Waals surface area contributed by atoms with E-state index in [9.17, 15) is 18.0 Å². The third-order valence-corrected chi connectivity index (χ3v) is 5.70. The number of nitrogens with zero attached hydrogens (tertiary/aromatic N) is 5. The van der Waals surface area contributed by atoms with Crippen molar-refractivity contribution >= 4 is 16.9 Å². The highest BCUT2D eigenvalue weighted by Gasteiger charge is 2.34. The zero-order chi connectivity index (χ0) is 21.9. The second kappa shape index (κ2) is 6.93. The zero-order valence-corrected chi connectivity index (χ0v) is 16.7. The number of H-pyrrole nitrogens is 1. The average molecular weight is 426 g/mol. The van der Waals surface area contributed by atoms with Crippen molar-refractivity contribution in [2.45, 2.75) is 19.4 Å². The van der Waals surface area contributed by atoms with E-state index in [-0.39, 0.29) is 17.5 Å². The summed E-state index contributed by atoms with van der Waals surface area (Å²) in [4.78, 5) is 19.0. The molecule has 0 bridgehead atoms. The van der Waals surface area contributed by atoms with Crippen molar-refractivity contribution in [3.63, 3.8) is 0 Å². The van der Waals surface area contributed by atoms with Crippen molar-refractivity contribution in [1.82, 2.24) is 29.9 Å². The Bertz CT molecular complexity index is 1320. The largest absolute Gasteiger partial charge is 0.329 e. The molecule has 4 aromatic rings. The van der Waals surface area contributed by atoms with E-state index < -0.39 is 17.5 Å². The Labute approximate surface area is 174 Å². The monoisotopic (exact) mass is 426 g/mol. The van der Waals surface area contributed by atoms with E-state index in [0.29, 0.717) is 41.1 Å². The number of pyridine rings is 1. The summed E-state index contributed by atoms with van der Waals surface area (Å²) < 4.78 is 42.5. The van der Waals surface area contributed by atoms with Crippen molar-refractivity contribution in [1.29, 1.82) is 0 Å². The topological polar surface area (TPSA) is 79.7 Å². The molecule has 3 aromatic heterocycles. The summed E-state index contributed by atoms with van der Waals surface area (Å²) >= 11 is 0. The summed E-state index contributed by atoms with van der Waals surface area (Å²) in [5, 5.41) is 12.0. The van der Waals surface area contributed by atoms with Gasteiger partial charge < -0.3 is 4.90 Å². The Balaban J connectivity index is 1.53. The predicted molar refractivity (Wildman–Crippen MR) is 106 cm³/mol. The molecule has 158 valence electrons. The first-order chi connectivity index (χ1) is 14.9. The molecule has 0 radical (unpaired) electrons. The van der Waals surface area contributed by atoms with Crippen LogP contribution in [-0.4, -0.2) is 42.3 Å². The minimum Gasteiger partial charge on any atom is -0.329 e. The summed E-state index contributed by atoms with van der Waals surface area (Å²) in [6.45, 7) is 2.22. The van der Waals surface area contributed by atoms with E-state index in [4.69, 9.17) is 0 Å². The molecule has 1 aromatic carbocycles. The van der Waals surface area contributed by atoms with Crippen LogP contribution in [0.3, 0.4) is 0 Å². The number of fused-ring (bicyclic) bond motifs is 2. The fourth-order valence-corrected chi connectivity index (χ4v) is 4.23. The number of rotatable bonds is 2. The van der Waals surface area contributed by atoms with Crippen LogP contribution in [0.25, 0.3) is 22.3 Å². The Kier molecular flexibility index (Phi) is 4.31. The molecule has 31 heavy (non-hydrogen) atoms. The van der Waals surface area contributed by atoms with Gasteiger partial charge in [0.2, 0.25) is 0 Å². The SMILES string of the molecule is C[C@H]1c2nn(C)c(-c3cc(F)c(F)c(F)c3)c2CCN1C(=O)c1[nH]nc2ncccc12. The first kappa shape index (κ1) is 19.3. The van der Waals surface area contributed by atoms with E-state index in [1.165, 1.54) is 4.68 Å². The van der Waals surface area contributed by atoms with Crippen LogP contribution in [0.5, 0.6) is 0 Å². The summed E-state index contributed by atoms with van der Waals surface area (Å²) in [6, 6.07) is 5.04. The molecule has 10 heteroatoms. The summed E-state index contributed by atoms with van der Waals surface area (Å²) in [6.07, 6.45) is 2.03. The minimum absolute atomic E-state index is 0.199. The lowest BCUT2D eigenvalue weighted by Gasteiger charge is -2.32. The molecule has 1 aliphatic heterocycles. The van der Waals surface area contributed by atoms with E-state index in [1.807, 2.05) is 6.92 Å². The smallest absolute Gasteiger partial charge is 0.273 e. The highest BCUT2D eigenvalue weighted by molar-refractivity contribution is 6.04. The lowest BCUT2D eigenvalue weighted by molar-refractivity contribution is 0.0669. The third-order valence-electron chi connectivity index (χ3n) is 5.70. The van der Waals surface area contributed by atoms with Gasteiger partial charge >= 0.3 is 0 Å². The number of aromatic nitrogens is 5. The Morgan fingerprint density at radius 2 is 1.97 bits per heavy atom. The van der Waals surface area contributed by atoms with Gasteiger partial charge in [-0.25, -0.2) is 18.2 Å². The second-order valence-electron chi connectivity index (χ2n) is 7.49. The molecular formula is C21H17F3N6O. The van der Waals surface area contributed by atoms with Crippen LogP contribution in [0, 0.1) is 17.5 Å². The van der Waals surface area contributed by atoms with Crippen molar-refractivity contribution in [3.8, 4) is 11.3 Å². The summed E-state index contributed by atoms with van der Waals surface area (Å²) in [7, 11) is 1.65. The number of nitrogens with one attached hydrogen (secondary N) is 1. The molecule has 1 N–H and O–H groups in total. The van der Waals surface area contributed by atoms with Gasteiger partial charge in [0.1, 0.15) is 5.69 Å². The van der Waals surface area contributed by atoms with Crippen LogP contribution in [0.1, 0.15) is 34.7 Å². The molecule has 0 saturated carbocycles. The molecule has 7 nitrogen and oxygen atoms in total. The minimum atomic E-state index is -1.51. The van der Waals surface area contributed by atoms with E-state index in [0.717, 1.165) is 17.7 Å². The number of benzene rings is 1. The van der Waals surface area contributed by atoms with Gasteiger partial charge in [-0.05, 0) is 37.6 Å². The Morgan fingerprint density at radius 1 is 1.23 bits per heavy atom. The zero-order valence-electron chi connectivity index (χ0n) is 16.7. The van der Waals surface area contributed by atoms with Gasteiger partial charge in [0, 0.05) is 30.9 Å². The standard InChI is InChI=1S/C21H17F3N6O/c1-10-17-12(19(29(2)28-17)11-8-14(22)16(24)15(23)9-11)5-7-30(10)21(31)18-13-4-3-6-25-20(13)27-26-18/h3-4,6,8-10H,5,7H2,1-2H3,(H,25,26,27)/t10-/m0/s1. The molecule has 1 atom stereocenters. The number of amides is 1. The molecular weight excluding hydrogens is 409 g/mol. The van der Waals surface area contributed by atoms with Crippen molar-refractivity contribution < 1.29 is 18.0 Å². The first-order valence-corrected chi connectivity index (χ1v) is 9.67. The van der Waals surface area contributed by atoms with Gasteiger partial charge in [-0.2, -0.15) is 10.2 Å². The van der Waals surface area contributed by atoms with E-state index >= 15 is 0 Å². The second-order valence-corrected chi connectivity index (χ2v) is 7.49. The number of aryl methyl sites for hydroxylation is 1. The van der Waals surface area contributed by atoms with Crippen LogP contribution in [0.4, 0.5) is 13.2 Å². The molecule has 0 fully saturated rings. The normalized spacial score (nSPS) is 16.0. The van der Waals surface area contributed by atoms with E-state index in [2.05, 4.69) is 20.3 Å². The van der Waals surface area contributed by atoms with Crippen LogP contribution in [0.2, 0.25) is 0 Å². The number of halogens is 3. The van der Waals surface area contributed by atoms with Crippen LogP contribution >= 0.6 is 0 Å². The maximum atomic E-state index is 13.8. The third kappa shape index (κ3) is 2.89. The fraction of sp³-hybridized carbons (Fsp3) is 0.238. The predicted octanol–water partition coefficient (Wildman–Crippen LogP) is 3.54. The van der Waals surface area contributed by atoms with Crippen LogP contribution in [-0.2, 0) is 13.5 Å². The molecule has 0 saturated heterocycles. The van der Waals surface area contributed by atoms with Gasteiger partial charge in [-0.1, -0.05) is 0 Å². The highest BCUT2D eigenvalue weighted by Crippen LogP contribution is 2.37. The van der Waals surface area contributed by atoms with Crippen molar-refractivity contribution in [2.24, 2.45) is 7.05 Å². The quantitative estimate of drug-likeness (QED) is 0.498. The Morgan fingerprint density at radius 3 is 2.71 bits per heavy atom. The summed E-state index contributed by atoms with van der Waals surface area (Å²) in [5.41, 5.74) is 2.91. The number of carbonyl (C=O) groups is 1. The first-order valence-electron chi connectivity index (χ1n) is 9.67. The van der Waals surface area contributed by atoms with Gasteiger partial charge in [-0.3, -0.25) is 14.6 Å². The molecule has 4 heterocycles. The molecule has 1 amide bonds. The van der Waals surface area contributed by atoms with Crippen molar-refractivity contribution in [3.05, 3.63) is 64.9 Å². The number of hydrogen-bond donors (Lipinski definition) is 1. The number of aromatic amines is 1. The molecule has 0 unspecified atom stereocenters. The van der Waals surface area contributed by atoms with Gasteiger partial charge in [-0.15, -0.1) is 0 Å². The lowest BCUT2D eigenvalue weighted by atomic mass is 9.95. The van der Waals surface area contributed by atoms with Gasteiger partial charge in [0.05, 0.1) is 22.8 Å². The van der Waals surface area contributed by atoms with Crippen LogP contribution < -0.4 is 0 Å².